The van der Waals surface area contributed by atoms with Crippen LogP contribution in [0.15, 0.2) is 54.6 Å². The zero-order valence-corrected chi connectivity index (χ0v) is 52.5. The number of amides is 6. The zero-order valence-electron chi connectivity index (χ0n) is 52.5. The molecule has 38 heteroatoms. The fourth-order valence-corrected chi connectivity index (χ4v) is 12.2. The largest absolute Gasteiger partial charge is 0.462 e. The topological polar surface area (TPSA) is 597 Å². The number of esters is 1. The number of carbonyl (C=O) groups is 7. The van der Waals surface area contributed by atoms with Crippen LogP contribution in [-0.4, -0.2) is 317 Å². The van der Waals surface area contributed by atoms with E-state index in [2.05, 4.69) is 47.9 Å². The van der Waals surface area contributed by atoms with Gasteiger partial charge in [-0.2, -0.15) is 0 Å². The van der Waals surface area contributed by atoms with Gasteiger partial charge in [0.2, 0.25) is 41.7 Å². The molecule has 38 nitrogen and oxygen atoms in total. The molecule has 6 aliphatic heterocycles. The third-order valence-electron chi connectivity index (χ3n) is 17.5. The predicted octanol–water partition coefficient (Wildman–Crippen LogP) is -11.5. The number of nitrogens with one attached hydrogen (secondary N) is 11. The number of hydrogen-bond acceptors (Lipinski definition) is 28. The SMILES string of the molecule is CCCC(=O)OC1C(O)C(CO)OC(OC2C(CO)OC(Oc3ccc(CC4NC(=O)C(C(CC)c5ccccc5)NC(=O)CNC(=O)C(CO)NC(=O)C(C(O)C5CNC(=N)N5C5OC(CO)C(O)C(O)C5O)NC(=O)C(C(O)C5CNC(=N)N5)NC4=O)cc3)C(O)C2O)C1O. The van der Waals surface area contributed by atoms with Crippen LogP contribution in [0.4, 0.5) is 0 Å². The third kappa shape index (κ3) is 17.5. The van der Waals surface area contributed by atoms with E-state index in [4.69, 9.17) is 39.2 Å². The lowest BCUT2D eigenvalue weighted by atomic mass is 9.88. The van der Waals surface area contributed by atoms with Gasteiger partial charge in [-0.05, 0) is 36.1 Å². The lowest BCUT2D eigenvalue weighted by molar-refractivity contribution is -0.353. The number of guanidine groups is 2. The van der Waals surface area contributed by atoms with E-state index in [1.165, 1.54) is 24.3 Å². The predicted molar refractivity (Wildman–Crippen MR) is 325 cm³/mol. The number of rotatable bonds is 21. The quantitative estimate of drug-likeness (QED) is 0.0516. The van der Waals surface area contributed by atoms with Crippen molar-refractivity contribution in [2.75, 3.05) is 46.1 Å². The molecule has 6 saturated heterocycles. The molecule has 6 fully saturated rings. The molecule has 2 aromatic rings. The number of ether oxygens (including phenoxy) is 6. The Morgan fingerprint density at radius 1 is 0.588 bits per heavy atom. The molecule has 0 spiro atoms. The number of carbonyl (C=O) groups excluding carboxylic acids is 7. The molecular weight excluding hydrogens is 1290 g/mol. The van der Waals surface area contributed by atoms with Gasteiger partial charge in [0.05, 0.1) is 45.1 Å². The molecule has 6 aliphatic rings. The van der Waals surface area contributed by atoms with Crippen LogP contribution < -0.4 is 52.6 Å². The van der Waals surface area contributed by atoms with Crippen LogP contribution in [0.1, 0.15) is 50.2 Å². The molecule has 6 heterocycles. The Bertz CT molecular complexity index is 3060. The maximum Gasteiger partial charge on any atom is 0.306 e. The Morgan fingerprint density at radius 3 is 1.84 bits per heavy atom. The fraction of sp³-hybridized carbons (Fsp3) is 0.644. The average Bonchev–Trinajstić information content (AvgIpc) is 1.76. The Kier molecular flexibility index (Phi) is 26.2. The van der Waals surface area contributed by atoms with Gasteiger partial charge in [0.1, 0.15) is 115 Å². The molecule has 25 unspecified atom stereocenters. The highest BCUT2D eigenvalue weighted by molar-refractivity contribution is 5.98. The van der Waals surface area contributed by atoms with E-state index in [0.29, 0.717) is 12.0 Å². The standard InChI is InChI=1S/C59H86N12O26/c1-3-8-35(77)96-49-42(81)32(21-74)94-57(47(49)86)97-48-33(22-75)95-56(46(85)44(48)83)92-25-13-11-23(12-14-25)15-27-51(88)69-37(39(78)28-16-63-58(60)67-28)54(91)70-38(40(79)30-17-64-59(61)71(30)55-45(84)43(82)41(80)31(20-73)93-55)53(90)66-29(19-72)50(87)62-18-34(76)68-36(52(89)65-27)26(4-2)24-9-6-5-7-10-24/h5-7,9-14,26-33,36-49,55-57,72-75,78-86H,3-4,8,15-22H2,1-2H3,(H2,61,64)(H,62,87)(H,65,89)(H,66,90)(H,68,76)(H,69,88)(H,70,91)(H3,60,63,67). The number of aliphatic hydroxyl groups is 13. The molecule has 0 saturated carbocycles. The normalized spacial score (nSPS) is 35.9. The van der Waals surface area contributed by atoms with Gasteiger partial charge in [-0.25, -0.2) is 0 Å². The van der Waals surface area contributed by atoms with Crippen molar-refractivity contribution in [2.24, 2.45) is 0 Å². The van der Waals surface area contributed by atoms with Crippen LogP contribution in [0.2, 0.25) is 0 Å². The summed E-state index contributed by atoms with van der Waals surface area (Å²) in [6, 6.07) is 0.792. The van der Waals surface area contributed by atoms with Crippen molar-refractivity contribution in [1.82, 2.24) is 52.8 Å². The van der Waals surface area contributed by atoms with Crippen LogP contribution in [0.3, 0.4) is 0 Å². The van der Waals surface area contributed by atoms with E-state index in [-0.39, 0.29) is 36.7 Å². The second-order valence-electron chi connectivity index (χ2n) is 24.1. The van der Waals surface area contributed by atoms with E-state index >= 15 is 14.4 Å². The van der Waals surface area contributed by atoms with Gasteiger partial charge in [0, 0.05) is 31.8 Å². The monoisotopic (exact) mass is 1380 g/mol. The van der Waals surface area contributed by atoms with Crippen LogP contribution in [-0.2, 0) is 63.7 Å². The second-order valence-corrected chi connectivity index (χ2v) is 24.1. The first-order valence-corrected chi connectivity index (χ1v) is 31.4. The molecule has 538 valence electrons. The van der Waals surface area contributed by atoms with Gasteiger partial charge in [0.15, 0.2) is 30.5 Å². The summed E-state index contributed by atoms with van der Waals surface area (Å²) in [7, 11) is 0. The van der Waals surface area contributed by atoms with Crippen molar-refractivity contribution < 1.29 is 128 Å². The van der Waals surface area contributed by atoms with Crippen molar-refractivity contribution in [1.29, 1.82) is 10.8 Å². The molecule has 25 atom stereocenters. The lowest BCUT2D eigenvalue weighted by Gasteiger charge is -2.46. The zero-order chi connectivity index (χ0) is 70.7. The molecule has 0 radical (unpaired) electrons. The smallest absolute Gasteiger partial charge is 0.306 e. The van der Waals surface area contributed by atoms with Gasteiger partial charge in [-0.15, -0.1) is 0 Å². The third-order valence-corrected chi connectivity index (χ3v) is 17.5. The van der Waals surface area contributed by atoms with Crippen molar-refractivity contribution in [2.45, 2.75) is 192 Å². The maximum atomic E-state index is 15.2. The highest BCUT2D eigenvalue weighted by Crippen LogP contribution is 2.33. The lowest BCUT2D eigenvalue weighted by Crippen LogP contribution is -2.69. The van der Waals surface area contributed by atoms with E-state index in [1.807, 2.05) is 0 Å². The molecule has 6 amide bonds. The number of benzene rings is 2. The summed E-state index contributed by atoms with van der Waals surface area (Å²) in [5, 5.41) is 181. The Morgan fingerprint density at radius 2 is 1.21 bits per heavy atom. The van der Waals surface area contributed by atoms with Gasteiger partial charge in [-0.3, -0.25) is 44.4 Å². The summed E-state index contributed by atoms with van der Waals surface area (Å²) in [6.45, 7) is -2.13. The van der Waals surface area contributed by atoms with Gasteiger partial charge in [-0.1, -0.05) is 56.3 Å². The summed E-state index contributed by atoms with van der Waals surface area (Å²) in [4.78, 5) is 101. The maximum absolute atomic E-state index is 15.2. The molecular formula is C59H86N12O26. The average molecular weight is 1380 g/mol. The first-order chi connectivity index (χ1) is 46.3. The minimum Gasteiger partial charge on any atom is -0.462 e. The molecule has 0 aliphatic carbocycles. The van der Waals surface area contributed by atoms with Crippen molar-refractivity contribution in [3.63, 3.8) is 0 Å². The van der Waals surface area contributed by atoms with Crippen molar-refractivity contribution in [3.05, 3.63) is 65.7 Å². The number of nitrogens with zero attached hydrogens (tertiary/aromatic N) is 1. The van der Waals surface area contributed by atoms with E-state index in [0.717, 1.165) is 4.90 Å². The Labute approximate surface area is 553 Å². The van der Waals surface area contributed by atoms with Crippen molar-refractivity contribution >= 4 is 53.3 Å². The first-order valence-electron chi connectivity index (χ1n) is 31.4. The van der Waals surface area contributed by atoms with Crippen LogP contribution in [0, 0.1) is 10.8 Å². The molecule has 2 aromatic carbocycles. The van der Waals surface area contributed by atoms with Gasteiger partial charge >= 0.3 is 5.97 Å². The van der Waals surface area contributed by atoms with Gasteiger partial charge < -0.3 is 148 Å². The van der Waals surface area contributed by atoms with Crippen molar-refractivity contribution in [3.8, 4) is 5.75 Å². The summed E-state index contributed by atoms with van der Waals surface area (Å²) in [5.41, 5.74) is 0.727. The number of aliphatic hydroxyl groups excluding tert-OH is 13. The Hall–Kier alpha value is -7.61. The number of hydrogen-bond donors (Lipinski definition) is 24. The van der Waals surface area contributed by atoms with Gasteiger partial charge in [0.25, 0.3) is 0 Å². The molecule has 24 N–H and O–H groups in total. The molecule has 8 rings (SSSR count). The summed E-state index contributed by atoms with van der Waals surface area (Å²) in [6.07, 6.45) is -31.5. The van der Waals surface area contributed by atoms with E-state index < -0.39 is 246 Å². The molecule has 97 heavy (non-hydrogen) atoms. The summed E-state index contributed by atoms with van der Waals surface area (Å²) in [5.74, 6) is -10.1. The summed E-state index contributed by atoms with van der Waals surface area (Å²) < 4.78 is 34.0. The summed E-state index contributed by atoms with van der Waals surface area (Å²) >= 11 is 0. The van der Waals surface area contributed by atoms with E-state index in [1.54, 1.807) is 44.2 Å². The first kappa shape index (κ1) is 75.2. The molecule has 0 aromatic heterocycles. The van der Waals surface area contributed by atoms with Crippen LogP contribution in [0.5, 0.6) is 5.75 Å². The fourth-order valence-electron chi connectivity index (χ4n) is 12.2. The van der Waals surface area contributed by atoms with E-state index in [9.17, 15) is 85.6 Å². The Balaban J connectivity index is 1.10. The highest BCUT2D eigenvalue weighted by atomic mass is 16.7. The minimum atomic E-state index is -2.37. The molecule has 0 bridgehead atoms. The van der Waals surface area contributed by atoms with Crippen LogP contribution >= 0.6 is 0 Å². The van der Waals surface area contributed by atoms with Crippen LogP contribution in [0.25, 0.3) is 0 Å². The minimum absolute atomic E-state index is 0.0870. The second kappa shape index (κ2) is 33.8. The highest BCUT2D eigenvalue weighted by Gasteiger charge is 2.55.